The first-order valence-corrected chi connectivity index (χ1v) is 7.67. The lowest BCUT2D eigenvalue weighted by molar-refractivity contribution is 0.402. The fourth-order valence-corrected chi connectivity index (χ4v) is 2.41. The first-order chi connectivity index (χ1) is 12.2. The molecule has 1 aromatic heterocycles. The van der Waals surface area contributed by atoms with E-state index in [0.29, 0.717) is 35.4 Å². The third-order valence-corrected chi connectivity index (χ3v) is 3.70. The van der Waals surface area contributed by atoms with Crippen molar-refractivity contribution in [3.05, 3.63) is 48.0 Å². The highest BCUT2D eigenvalue weighted by Crippen LogP contribution is 2.32. The van der Waals surface area contributed by atoms with Gasteiger partial charge in [0.1, 0.15) is 17.2 Å². The molecule has 0 aliphatic heterocycles. The quantitative estimate of drug-likeness (QED) is 0.706. The molecule has 0 amide bonds. The molecule has 0 radical (unpaired) electrons. The summed E-state index contributed by atoms with van der Waals surface area (Å²) in [6.45, 7) is 0.501. The Morgan fingerprint density at radius 3 is 2.52 bits per heavy atom. The molecule has 2 aromatic carbocycles. The minimum absolute atomic E-state index is 0.311. The van der Waals surface area contributed by atoms with Crippen molar-refractivity contribution in [2.75, 3.05) is 26.6 Å². The molecule has 0 spiro atoms. The Hall–Kier alpha value is -3.22. The fourth-order valence-electron chi connectivity index (χ4n) is 2.41. The summed E-state index contributed by atoms with van der Waals surface area (Å²) in [5, 5.41) is 7.11. The van der Waals surface area contributed by atoms with Crippen LogP contribution in [-0.4, -0.2) is 31.5 Å². The number of hydrogen-bond acceptors (Lipinski definition) is 7. The zero-order valence-corrected chi connectivity index (χ0v) is 14.3. The number of benzene rings is 2. The molecule has 0 saturated heterocycles. The maximum atomic E-state index is 5.35. The molecule has 3 aromatic rings. The number of para-hydroxylation sites is 1. The fraction of sp³-hybridized carbons (Fsp3) is 0.222. The Bertz CT molecular complexity index is 848. The molecule has 0 atom stereocenters. The maximum Gasteiger partial charge on any atom is 0.322 e. The Labute approximate surface area is 145 Å². The Kier molecular flexibility index (Phi) is 5.03. The normalized spacial score (nSPS) is 10.4. The van der Waals surface area contributed by atoms with Gasteiger partial charge in [-0.1, -0.05) is 23.4 Å². The van der Waals surface area contributed by atoms with Crippen LogP contribution < -0.4 is 19.5 Å². The molecule has 0 bridgehead atoms. The number of ether oxygens (including phenoxy) is 3. The molecule has 0 saturated carbocycles. The molecular weight excluding hydrogens is 322 g/mol. The molecule has 0 aliphatic carbocycles. The van der Waals surface area contributed by atoms with Gasteiger partial charge >= 0.3 is 6.01 Å². The Balaban J connectivity index is 1.79. The summed E-state index contributed by atoms with van der Waals surface area (Å²) in [6, 6.07) is 13.4. The second-order valence-electron chi connectivity index (χ2n) is 5.15. The van der Waals surface area contributed by atoms with Crippen LogP contribution in [0.4, 0.5) is 6.01 Å². The van der Waals surface area contributed by atoms with Crippen molar-refractivity contribution in [2.24, 2.45) is 0 Å². The second kappa shape index (κ2) is 7.57. The van der Waals surface area contributed by atoms with Gasteiger partial charge in [0.05, 0.1) is 26.9 Å². The topological polar surface area (TPSA) is 78.6 Å². The molecule has 130 valence electrons. The minimum atomic E-state index is 0.311. The van der Waals surface area contributed by atoms with E-state index in [-0.39, 0.29) is 0 Å². The van der Waals surface area contributed by atoms with Crippen LogP contribution in [0.25, 0.3) is 11.4 Å². The van der Waals surface area contributed by atoms with Crippen molar-refractivity contribution in [3.8, 4) is 28.6 Å². The summed E-state index contributed by atoms with van der Waals surface area (Å²) in [6.07, 6.45) is 0. The molecular formula is C18H19N3O4. The van der Waals surface area contributed by atoms with Crippen molar-refractivity contribution >= 4 is 6.01 Å². The van der Waals surface area contributed by atoms with Gasteiger partial charge < -0.3 is 24.1 Å². The van der Waals surface area contributed by atoms with Gasteiger partial charge in [-0.3, -0.25) is 0 Å². The van der Waals surface area contributed by atoms with Crippen molar-refractivity contribution < 1.29 is 18.7 Å². The number of anilines is 1. The largest absolute Gasteiger partial charge is 0.497 e. The summed E-state index contributed by atoms with van der Waals surface area (Å²) in [5.74, 6) is 2.53. The lowest BCUT2D eigenvalue weighted by atomic mass is 10.2. The van der Waals surface area contributed by atoms with Crippen LogP contribution in [0, 0.1) is 0 Å². The Morgan fingerprint density at radius 2 is 1.76 bits per heavy atom. The molecule has 1 heterocycles. The summed E-state index contributed by atoms with van der Waals surface area (Å²) in [4.78, 5) is 4.37. The summed E-state index contributed by atoms with van der Waals surface area (Å²) in [5.41, 5.74) is 1.68. The van der Waals surface area contributed by atoms with Crippen LogP contribution in [0.15, 0.2) is 47.0 Å². The standard InChI is InChI=1S/C18H19N3O4/c1-22-13-8-9-16(24-3)14(10-13)17-20-18(25-21-17)19-11-12-6-4-5-7-15(12)23-2/h4-10H,11H2,1-3H3,(H,19,20,21). The van der Waals surface area contributed by atoms with E-state index in [1.54, 1.807) is 33.5 Å². The number of nitrogens with zero attached hydrogens (tertiary/aromatic N) is 2. The molecule has 25 heavy (non-hydrogen) atoms. The van der Waals surface area contributed by atoms with Crippen LogP contribution in [0.2, 0.25) is 0 Å². The van der Waals surface area contributed by atoms with Crippen LogP contribution in [0.1, 0.15) is 5.56 Å². The summed E-state index contributed by atoms with van der Waals surface area (Å²) >= 11 is 0. The van der Waals surface area contributed by atoms with Gasteiger partial charge in [-0.05, 0) is 24.3 Å². The van der Waals surface area contributed by atoms with E-state index in [4.69, 9.17) is 18.7 Å². The Morgan fingerprint density at radius 1 is 0.960 bits per heavy atom. The molecule has 0 aliphatic rings. The smallest absolute Gasteiger partial charge is 0.322 e. The number of rotatable bonds is 7. The molecule has 3 rings (SSSR count). The highest BCUT2D eigenvalue weighted by Gasteiger charge is 2.15. The first-order valence-electron chi connectivity index (χ1n) is 7.67. The lowest BCUT2D eigenvalue weighted by Gasteiger charge is -2.07. The van der Waals surface area contributed by atoms with Crippen LogP contribution in [-0.2, 0) is 6.54 Å². The van der Waals surface area contributed by atoms with Crippen LogP contribution >= 0.6 is 0 Å². The van der Waals surface area contributed by atoms with E-state index in [1.165, 1.54) is 0 Å². The van der Waals surface area contributed by atoms with Crippen molar-refractivity contribution in [2.45, 2.75) is 6.54 Å². The van der Waals surface area contributed by atoms with E-state index >= 15 is 0 Å². The summed E-state index contributed by atoms with van der Waals surface area (Å²) in [7, 11) is 4.83. The van der Waals surface area contributed by atoms with Crippen molar-refractivity contribution in [3.63, 3.8) is 0 Å². The van der Waals surface area contributed by atoms with E-state index in [2.05, 4.69) is 15.5 Å². The van der Waals surface area contributed by atoms with Crippen molar-refractivity contribution in [1.82, 2.24) is 10.1 Å². The number of methoxy groups -OCH3 is 3. The van der Waals surface area contributed by atoms with Gasteiger partial charge in [-0.2, -0.15) is 4.98 Å². The lowest BCUT2D eigenvalue weighted by Crippen LogP contribution is -2.01. The maximum absolute atomic E-state index is 5.35. The number of aromatic nitrogens is 2. The van der Waals surface area contributed by atoms with Crippen LogP contribution in [0.5, 0.6) is 17.2 Å². The average Bonchev–Trinajstić information content (AvgIpc) is 3.14. The third kappa shape index (κ3) is 3.65. The monoisotopic (exact) mass is 341 g/mol. The summed E-state index contributed by atoms with van der Waals surface area (Å²) < 4.78 is 21.2. The zero-order chi connectivity index (χ0) is 17.6. The van der Waals surface area contributed by atoms with Gasteiger partial charge in [0.2, 0.25) is 5.82 Å². The van der Waals surface area contributed by atoms with Crippen molar-refractivity contribution in [1.29, 1.82) is 0 Å². The molecule has 1 N–H and O–H groups in total. The predicted octanol–water partition coefficient (Wildman–Crippen LogP) is 3.37. The third-order valence-electron chi connectivity index (χ3n) is 3.70. The molecule has 0 unspecified atom stereocenters. The van der Waals surface area contributed by atoms with Gasteiger partial charge in [0.15, 0.2) is 0 Å². The van der Waals surface area contributed by atoms with E-state index < -0.39 is 0 Å². The molecule has 7 heteroatoms. The van der Waals surface area contributed by atoms with E-state index in [0.717, 1.165) is 11.3 Å². The van der Waals surface area contributed by atoms with E-state index in [1.807, 2.05) is 30.3 Å². The predicted molar refractivity (Wildman–Crippen MR) is 93.2 cm³/mol. The average molecular weight is 341 g/mol. The van der Waals surface area contributed by atoms with Gasteiger partial charge in [0, 0.05) is 12.1 Å². The first kappa shape index (κ1) is 16.6. The van der Waals surface area contributed by atoms with Gasteiger partial charge in [-0.25, -0.2) is 0 Å². The second-order valence-corrected chi connectivity index (χ2v) is 5.15. The number of hydrogen-bond donors (Lipinski definition) is 1. The SMILES string of the molecule is COc1ccc(OC)c(-c2noc(NCc3ccccc3OC)n2)c1. The number of nitrogens with one attached hydrogen (secondary N) is 1. The van der Waals surface area contributed by atoms with Gasteiger partial charge in [0.25, 0.3) is 0 Å². The highest BCUT2D eigenvalue weighted by molar-refractivity contribution is 5.66. The highest BCUT2D eigenvalue weighted by atomic mass is 16.5. The molecule has 7 nitrogen and oxygen atoms in total. The molecule has 0 fully saturated rings. The minimum Gasteiger partial charge on any atom is -0.497 e. The zero-order valence-electron chi connectivity index (χ0n) is 14.3. The van der Waals surface area contributed by atoms with Crippen LogP contribution in [0.3, 0.4) is 0 Å². The van der Waals surface area contributed by atoms with E-state index in [9.17, 15) is 0 Å². The van der Waals surface area contributed by atoms with Gasteiger partial charge in [-0.15, -0.1) is 0 Å².